The molecule has 1 rings (SSSR count). The lowest BCUT2D eigenvalue weighted by Crippen LogP contribution is -2.39. The van der Waals surface area contributed by atoms with Crippen LogP contribution in [0.3, 0.4) is 0 Å². The highest BCUT2D eigenvalue weighted by Gasteiger charge is 2.28. The smallest absolute Gasteiger partial charge is 0.334 e. The summed E-state index contributed by atoms with van der Waals surface area (Å²) >= 11 is 0. The molecule has 0 heterocycles. The van der Waals surface area contributed by atoms with Gasteiger partial charge in [-0.2, -0.15) is 0 Å². The van der Waals surface area contributed by atoms with E-state index in [1.165, 1.54) is 0 Å². The van der Waals surface area contributed by atoms with Crippen LogP contribution in [0.25, 0.3) is 0 Å². The average molecular weight is 339 g/mol. The first-order valence-corrected chi connectivity index (χ1v) is 8.56. The van der Waals surface area contributed by atoms with E-state index >= 15 is 0 Å². The Bertz CT molecular complexity index is 520. The molecule has 0 unspecified atom stereocenters. The Morgan fingerprint density at radius 3 is 2.29 bits per heavy atom. The molecular formula is C18H29NO5. The summed E-state index contributed by atoms with van der Waals surface area (Å²) in [5.41, 5.74) is -0.0471. The van der Waals surface area contributed by atoms with Crippen molar-refractivity contribution < 1.29 is 24.2 Å². The lowest BCUT2D eigenvalue weighted by molar-refractivity contribution is -0.141. The number of hydrogen-bond donors (Lipinski definition) is 2. The van der Waals surface area contributed by atoms with Crippen LogP contribution in [0.15, 0.2) is 11.1 Å². The Labute approximate surface area is 143 Å². The number of amides is 1. The first-order chi connectivity index (χ1) is 11.1. The number of hydrogen-bond acceptors (Lipinski definition) is 4. The summed E-state index contributed by atoms with van der Waals surface area (Å²) in [6.07, 6.45) is 3.18. The fourth-order valence-corrected chi connectivity index (χ4v) is 3.11. The SMILES string of the molecule is CC(C)CC(C)(C)C(=O)NCCOC(=O)C1=C(C(=O)O)CCCC1. The Morgan fingerprint density at radius 1 is 1.17 bits per heavy atom. The minimum atomic E-state index is -1.05. The molecule has 0 radical (unpaired) electrons. The summed E-state index contributed by atoms with van der Waals surface area (Å²) in [6, 6.07) is 0. The van der Waals surface area contributed by atoms with Crippen molar-refractivity contribution in [2.24, 2.45) is 11.3 Å². The second-order valence-corrected chi connectivity index (χ2v) is 7.34. The number of aliphatic carboxylic acids is 1. The van der Waals surface area contributed by atoms with Gasteiger partial charge >= 0.3 is 11.9 Å². The van der Waals surface area contributed by atoms with Gasteiger partial charge in [-0.05, 0) is 38.0 Å². The van der Waals surface area contributed by atoms with Crippen LogP contribution in [-0.2, 0) is 19.1 Å². The maximum absolute atomic E-state index is 12.1. The van der Waals surface area contributed by atoms with E-state index < -0.39 is 17.4 Å². The van der Waals surface area contributed by atoms with Crippen molar-refractivity contribution in [3.05, 3.63) is 11.1 Å². The molecule has 0 spiro atoms. The van der Waals surface area contributed by atoms with Gasteiger partial charge in [-0.15, -0.1) is 0 Å². The topological polar surface area (TPSA) is 92.7 Å². The summed E-state index contributed by atoms with van der Waals surface area (Å²) in [7, 11) is 0. The molecule has 6 heteroatoms. The second-order valence-electron chi connectivity index (χ2n) is 7.34. The van der Waals surface area contributed by atoms with E-state index in [4.69, 9.17) is 9.84 Å². The minimum Gasteiger partial charge on any atom is -0.478 e. The third-order valence-electron chi connectivity index (χ3n) is 4.13. The van der Waals surface area contributed by atoms with Gasteiger partial charge in [0.15, 0.2) is 0 Å². The molecule has 0 aromatic heterocycles. The van der Waals surface area contributed by atoms with E-state index in [2.05, 4.69) is 19.2 Å². The van der Waals surface area contributed by atoms with Gasteiger partial charge < -0.3 is 15.2 Å². The average Bonchev–Trinajstić information content (AvgIpc) is 2.49. The third kappa shape index (κ3) is 5.98. The molecule has 136 valence electrons. The zero-order valence-corrected chi connectivity index (χ0v) is 15.1. The van der Waals surface area contributed by atoms with Crippen LogP contribution in [0.2, 0.25) is 0 Å². The number of nitrogens with one attached hydrogen (secondary N) is 1. The molecule has 0 aromatic carbocycles. The van der Waals surface area contributed by atoms with E-state index in [0.29, 0.717) is 18.8 Å². The van der Waals surface area contributed by atoms with Crippen molar-refractivity contribution in [3.63, 3.8) is 0 Å². The molecule has 1 aliphatic rings. The van der Waals surface area contributed by atoms with Gasteiger partial charge in [0.1, 0.15) is 6.61 Å². The molecule has 1 amide bonds. The normalized spacial score (nSPS) is 15.4. The van der Waals surface area contributed by atoms with Crippen molar-refractivity contribution in [2.45, 2.75) is 59.8 Å². The first-order valence-electron chi connectivity index (χ1n) is 8.56. The molecule has 1 aliphatic carbocycles. The Hall–Kier alpha value is -1.85. The number of ether oxygens (including phenoxy) is 1. The van der Waals surface area contributed by atoms with E-state index in [-0.39, 0.29) is 30.2 Å². The van der Waals surface area contributed by atoms with Crippen LogP contribution in [0.5, 0.6) is 0 Å². The second kappa shape index (κ2) is 8.85. The van der Waals surface area contributed by atoms with Gasteiger partial charge in [-0.1, -0.05) is 27.7 Å². The highest BCUT2D eigenvalue weighted by Crippen LogP contribution is 2.26. The predicted octanol–water partition coefficient (Wildman–Crippen LogP) is 2.67. The maximum atomic E-state index is 12.1. The van der Waals surface area contributed by atoms with Crippen LogP contribution in [0.4, 0.5) is 0 Å². The molecule has 0 saturated heterocycles. The highest BCUT2D eigenvalue weighted by molar-refractivity contribution is 5.99. The molecule has 0 bridgehead atoms. The maximum Gasteiger partial charge on any atom is 0.334 e. The van der Waals surface area contributed by atoms with E-state index in [9.17, 15) is 14.4 Å². The molecular weight excluding hydrogens is 310 g/mol. The van der Waals surface area contributed by atoms with Crippen LogP contribution >= 0.6 is 0 Å². The summed E-state index contributed by atoms with van der Waals surface area (Å²) < 4.78 is 5.13. The fourth-order valence-electron chi connectivity index (χ4n) is 3.11. The van der Waals surface area contributed by atoms with Crippen molar-refractivity contribution in [3.8, 4) is 0 Å². The zero-order chi connectivity index (χ0) is 18.3. The molecule has 0 fully saturated rings. The summed E-state index contributed by atoms with van der Waals surface area (Å²) in [4.78, 5) is 35.4. The van der Waals surface area contributed by atoms with E-state index in [1.807, 2.05) is 13.8 Å². The summed E-state index contributed by atoms with van der Waals surface area (Å²) in [5, 5.41) is 11.9. The van der Waals surface area contributed by atoms with Gasteiger partial charge in [-0.25, -0.2) is 9.59 Å². The number of carbonyl (C=O) groups is 3. The van der Waals surface area contributed by atoms with Crippen LogP contribution in [0.1, 0.15) is 59.8 Å². The monoisotopic (exact) mass is 339 g/mol. The first kappa shape index (κ1) is 20.2. The van der Waals surface area contributed by atoms with Gasteiger partial charge in [0.05, 0.1) is 6.54 Å². The predicted molar refractivity (Wildman–Crippen MR) is 90.3 cm³/mol. The highest BCUT2D eigenvalue weighted by atomic mass is 16.5. The van der Waals surface area contributed by atoms with E-state index in [1.54, 1.807) is 0 Å². The zero-order valence-electron chi connectivity index (χ0n) is 15.1. The quantitative estimate of drug-likeness (QED) is 0.524. The Kier molecular flexibility index (Phi) is 7.45. The van der Waals surface area contributed by atoms with Crippen molar-refractivity contribution in [2.75, 3.05) is 13.2 Å². The summed E-state index contributed by atoms with van der Waals surface area (Å²) in [5.74, 6) is -1.29. The number of carbonyl (C=O) groups excluding carboxylic acids is 2. The standard InChI is InChI=1S/C18H29NO5/c1-12(2)11-18(3,4)17(23)19-9-10-24-16(22)14-8-6-5-7-13(14)15(20)21/h12H,5-11H2,1-4H3,(H,19,23)(H,20,21). The van der Waals surface area contributed by atoms with Crippen molar-refractivity contribution in [1.82, 2.24) is 5.32 Å². The van der Waals surface area contributed by atoms with Gasteiger partial charge in [-0.3, -0.25) is 4.79 Å². The van der Waals surface area contributed by atoms with Crippen LogP contribution in [0, 0.1) is 11.3 Å². The number of carboxylic acids is 1. The van der Waals surface area contributed by atoms with E-state index in [0.717, 1.165) is 19.3 Å². The number of carboxylic acid groups (broad SMARTS) is 1. The van der Waals surface area contributed by atoms with Crippen molar-refractivity contribution >= 4 is 17.8 Å². The fraction of sp³-hybridized carbons (Fsp3) is 0.722. The Morgan fingerprint density at radius 2 is 1.75 bits per heavy atom. The van der Waals surface area contributed by atoms with Crippen molar-refractivity contribution in [1.29, 1.82) is 0 Å². The van der Waals surface area contributed by atoms with Gasteiger partial charge in [0.25, 0.3) is 0 Å². The molecule has 24 heavy (non-hydrogen) atoms. The lowest BCUT2D eigenvalue weighted by Gasteiger charge is -2.25. The molecule has 0 saturated carbocycles. The molecule has 0 atom stereocenters. The van der Waals surface area contributed by atoms with Gasteiger partial charge in [0.2, 0.25) is 5.91 Å². The van der Waals surface area contributed by atoms with Crippen LogP contribution in [-0.4, -0.2) is 36.1 Å². The lowest BCUT2D eigenvalue weighted by atomic mass is 9.83. The number of rotatable bonds is 8. The largest absolute Gasteiger partial charge is 0.478 e. The molecule has 0 aromatic rings. The Balaban J connectivity index is 2.46. The molecule has 6 nitrogen and oxygen atoms in total. The number of esters is 1. The van der Waals surface area contributed by atoms with Gasteiger partial charge in [0, 0.05) is 16.6 Å². The molecule has 2 N–H and O–H groups in total. The van der Waals surface area contributed by atoms with Crippen LogP contribution < -0.4 is 5.32 Å². The minimum absolute atomic E-state index is 0.0404. The molecule has 0 aliphatic heterocycles. The summed E-state index contributed by atoms with van der Waals surface area (Å²) in [6.45, 7) is 8.17. The third-order valence-corrected chi connectivity index (χ3v) is 4.13.